The summed E-state index contributed by atoms with van der Waals surface area (Å²) in [5.74, 6) is -10.7. The lowest BCUT2D eigenvalue weighted by atomic mass is 9.90. The summed E-state index contributed by atoms with van der Waals surface area (Å²) in [6, 6.07) is 16.4. The Hall–Kier alpha value is -8.65. The van der Waals surface area contributed by atoms with Gasteiger partial charge in [-0.1, -0.05) is 85.8 Å². The Morgan fingerprint density at radius 1 is 0.651 bits per heavy atom. The fourth-order valence-electron chi connectivity index (χ4n) is 9.07. The first-order chi connectivity index (χ1) is 40.7. The lowest BCUT2D eigenvalue weighted by molar-refractivity contribution is -0.142. The average molecular weight is 1200 g/mol. The normalized spacial score (nSPS) is 14.9. The molecule has 13 N–H and O–H groups in total. The fraction of sp³-hybridized carbons (Fsp3) is 0.443. The van der Waals surface area contributed by atoms with Crippen molar-refractivity contribution in [2.24, 2.45) is 0 Å². The van der Waals surface area contributed by atoms with Gasteiger partial charge in [-0.3, -0.25) is 47.9 Å². The highest BCUT2D eigenvalue weighted by atomic mass is 19.1. The molecule has 8 amide bonds. The summed E-state index contributed by atoms with van der Waals surface area (Å²) >= 11 is 0. The minimum atomic E-state index is -2.27. The van der Waals surface area contributed by atoms with E-state index in [9.17, 15) is 68.4 Å². The van der Waals surface area contributed by atoms with Crippen molar-refractivity contribution in [3.8, 4) is 16.9 Å². The summed E-state index contributed by atoms with van der Waals surface area (Å²) in [5.41, 5.74) is 1.90. The van der Waals surface area contributed by atoms with Gasteiger partial charge in [-0.2, -0.15) is 0 Å². The van der Waals surface area contributed by atoms with E-state index in [1.165, 1.54) is 39.1 Å². The van der Waals surface area contributed by atoms with Crippen LogP contribution >= 0.6 is 0 Å². The van der Waals surface area contributed by atoms with Gasteiger partial charge < -0.3 is 73.0 Å². The largest absolute Gasteiger partial charge is 0.497 e. The minimum Gasteiger partial charge on any atom is -0.497 e. The Kier molecular flexibility index (Phi) is 27.4. The molecule has 0 aromatic heterocycles. The molecule has 0 spiro atoms. The van der Waals surface area contributed by atoms with Gasteiger partial charge in [-0.15, -0.1) is 0 Å². The molecule has 0 saturated heterocycles. The van der Waals surface area contributed by atoms with E-state index in [0.29, 0.717) is 30.6 Å². The molecule has 0 aliphatic heterocycles. The van der Waals surface area contributed by atoms with E-state index < -0.39 is 145 Å². The van der Waals surface area contributed by atoms with E-state index in [1.54, 1.807) is 19.2 Å². The highest BCUT2D eigenvalue weighted by Crippen LogP contribution is 2.29. The van der Waals surface area contributed by atoms with Crippen LogP contribution in [0.2, 0.25) is 0 Å². The number of aliphatic hydroxyl groups excluding tert-OH is 3. The number of hydrogen-bond acceptors (Lipinski definition) is 15. The third kappa shape index (κ3) is 21.1. The standard InChI is InChI=1S/C61H80FN9O15/c1-9-40-29-43(86-8)26-27-44(40)41-24-22-39(23-25-41)28-47(55(80)65-46(35(3)73)21-15-18-38-16-11-10-12-17-38)66-56(81)48(30-51(77)78)67-57(82)49(33-72)68-58(83)52(36(4)74)70-60(85)61(6,31-42-19-13-14-20-45(42)62)71-59(84)53(37(5)75)69-50(76)32-64-54(79)34(2)63-7/h10-14,16-17,19-20,22-27,29,34,36-37,46-49,52-53,63,72,74-75H,9,15,18,21,28,30-33H2,1-8H3,(H,64,79)(H,65,80)(H,66,81)(H,67,82)(H,68,83)(H,69,76)(H,70,85)(H,71,84)(H,77,78)/t34-,36+,37+,46?,47-,48-,49-,52-,53-,61-/m0/s1. The molecular weight excluding hydrogens is 1120 g/mol. The van der Waals surface area contributed by atoms with Gasteiger partial charge in [0.25, 0.3) is 0 Å². The second-order valence-corrected chi connectivity index (χ2v) is 21.1. The zero-order valence-electron chi connectivity index (χ0n) is 49.5. The summed E-state index contributed by atoms with van der Waals surface area (Å²) in [7, 11) is 3.08. The average Bonchev–Trinajstić information content (AvgIpc) is 1.92. The van der Waals surface area contributed by atoms with Crippen molar-refractivity contribution >= 4 is 59.0 Å². The highest BCUT2D eigenvalue weighted by Gasteiger charge is 2.42. The minimum absolute atomic E-state index is 0.133. The van der Waals surface area contributed by atoms with Gasteiger partial charge in [-0.25, -0.2) is 4.39 Å². The van der Waals surface area contributed by atoms with Crippen LogP contribution in [-0.2, 0) is 73.6 Å². The van der Waals surface area contributed by atoms with Crippen LogP contribution in [0.5, 0.6) is 5.75 Å². The first-order valence-corrected chi connectivity index (χ1v) is 28.1. The van der Waals surface area contributed by atoms with Crippen molar-refractivity contribution in [3.05, 3.63) is 125 Å². The topological polar surface area (TPSA) is 369 Å². The Morgan fingerprint density at radius 3 is 1.81 bits per heavy atom. The Morgan fingerprint density at radius 2 is 1.23 bits per heavy atom. The van der Waals surface area contributed by atoms with Crippen molar-refractivity contribution in [2.75, 3.05) is 27.3 Å². The molecular formula is C61H80FN9O15. The van der Waals surface area contributed by atoms with Crippen LogP contribution < -0.4 is 52.6 Å². The number of nitrogens with one attached hydrogen (secondary N) is 9. The second-order valence-electron chi connectivity index (χ2n) is 21.1. The molecule has 0 bridgehead atoms. The number of methoxy groups -OCH3 is 1. The number of aliphatic hydroxyl groups is 3. The molecule has 0 aliphatic rings. The number of rotatable bonds is 34. The number of Topliss-reactive ketones (excluding diaryl/α,β-unsaturated/α-hetero) is 1. The first-order valence-electron chi connectivity index (χ1n) is 28.1. The van der Waals surface area contributed by atoms with Crippen LogP contribution in [0, 0.1) is 5.82 Å². The zero-order chi connectivity index (χ0) is 63.8. The molecule has 0 heterocycles. The van der Waals surface area contributed by atoms with E-state index in [4.69, 9.17) is 4.74 Å². The third-order valence-electron chi connectivity index (χ3n) is 14.3. The summed E-state index contributed by atoms with van der Waals surface area (Å²) in [6.07, 6.45) is -3.34. The van der Waals surface area contributed by atoms with E-state index in [-0.39, 0.29) is 24.2 Å². The number of ketones is 1. The number of carbonyl (C=O) groups excluding carboxylic acids is 9. The molecule has 4 aromatic carbocycles. The quantitative estimate of drug-likeness (QED) is 0.0297. The summed E-state index contributed by atoms with van der Waals surface area (Å²) in [4.78, 5) is 135. The Balaban J connectivity index is 1.58. The van der Waals surface area contributed by atoms with Crippen LogP contribution in [0.3, 0.4) is 0 Å². The van der Waals surface area contributed by atoms with Crippen molar-refractivity contribution in [3.63, 3.8) is 0 Å². The number of aliphatic carboxylic acids is 1. The molecule has 4 rings (SSSR count). The van der Waals surface area contributed by atoms with Crippen molar-refractivity contribution in [1.29, 1.82) is 0 Å². The molecule has 0 saturated carbocycles. The maximum absolute atomic E-state index is 15.2. The van der Waals surface area contributed by atoms with Gasteiger partial charge >= 0.3 is 5.97 Å². The van der Waals surface area contributed by atoms with E-state index >= 15 is 4.39 Å². The molecule has 0 radical (unpaired) electrons. The lowest BCUT2D eigenvalue weighted by Gasteiger charge is -2.34. The van der Waals surface area contributed by atoms with E-state index in [2.05, 4.69) is 47.9 Å². The van der Waals surface area contributed by atoms with Gasteiger partial charge in [-0.05, 0) is 119 Å². The number of benzene rings is 4. The molecule has 4 aromatic rings. The SMILES string of the molecule is CCc1cc(OC)ccc1-c1ccc(C[C@H](NC(=O)[C@H](CC(=O)O)NC(=O)[C@H](CO)NC(=O)[C@@H](NC(=O)[C@](C)(Cc2ccccc2F)NC(=O)[C@@H](NC(=O)CNC(=O)[C@H](C)NC)[C@@H](C)O)[C@@H](C)O)C(=O)NC(CCCc2ccccc2)C(C)=O)cc1. The fourth-order valence-corrected chi connectivity index (χ4v) is 9.07. The predicted octanol–water partition coefficient (Wildman–Crippen LogP) is 0.197. The van der Waals surface area contributed by atoms with Gasteiger partial charge in [0.15, 0.2) is 5.78 Å². The molecule has 1 unspecified atom stereocenters. The number of hydrogen-bond donors (Lipinski definition) is 13. The number of aryl methyl sites for hydroxylation is 2. The lowest BCUT2D eigenvalue weighted by Crippen LogP contribution is -2.67. The second kappa shape index (κ2) is 33.7. The third-order valence-corrected chi connectivity index (χ3v) is 14.3. The summed E-state index contributed by atoms with van der Waals surface area (Å²) < 4.78 is 20.6. The molecule has 0 aliphatic carbocycles. The van der Waals surface area contributed by atoms with Gasteiger partial charge in [0.2, 0.25) is 47.3 Å². The van der Waals surface area contributed by atoms with Crippen LogP contribution in [-0.4, -0.2) is 167 Å². The Labute approximate surface area is 498 Å². The molecule has 0 fully saturated rings. The van der Waals surface area contributed by atoms with Crippen LogP contribution in [0.25, 0.3) is 11.1 Å². The number of halogens is 1. The number of amides is 8. The maximum atomic E-state index is 15.2. The number of carboxylic acid groups (broad SMARTS) is 1. The maximum Gasteiger partial charge on any atom is 0.305 e. The Bertz CT molecular complexity index is 3000. The van der Waals surface area contributed by atoms with Gasteiger partial charge in [0.1, 0.15) is 47.3 Å². The number of carboxylic acids is 1. The highest BCUT2D eigenvalue weighted by molar-refractivity contribution is 6.00. The van der Waals surface area contributed by atoms with E-state index in [0.717, 1.165) is 49.1 Å². The van der Waals surface area contributed by atoms with Crippen molar-refractivity contribution < 1.29 is 77.5 Å². The van der Waals surface area contributed by atoms with Gasteiger partial charge in [0.05, 0.1) is 51.0 Å². The molecule has 25 heteroatoms. The summed E-state index contributed by atoms with van der Waals surface area (Å²) in [6.45, 7) is 6.31. The van der Waals surface area contributed by atoms with E-state index in [1.807, 2.05) is 67.6 Å². The number of ether oxygens (including phenoxy) is 1. The van der Waals surface area contributed by atoms with Gasteiger partial charge in [0, 0.05) is 12.8 Å². The molecule has 466 valence electrons. The predicted molar refractivity (Wildman–Crippen MR) is 314 cm³/mol. The van der Waals surface area contributed by atoms with Crippen molar-refractivity contribution in [2.45, 2.75) is 147 Å². The molecule has 10 atom stereocenters. The first kappa shape index (κ1) is 69.8. The number of likely N-dealkylation sites (N-methyl/N-ethyl adjacent to an activating group) is 1. The van der Waals surface area contributed by atoms with Crippen LogP contribution in [0.4, 0.5) is 4.39 Å². The van der Waals surface area contributed by atoms with Crippen molar-refractivity contribution in [1.82, 2.24) is 47.9 Å². The zero-order valence-corrected chi connectivity index (χ0v) is 49.5. The monoisotopic (exact) mass is 1200 g/mol. The number of carbonyl (C=O) groups is 10. The van der Waals surface area contributed by atoms with Crippen LogP contribution in [0.15, 0.2) is 97.1 Å². The van der Waals surface area contributed by atoms with Crippen LogP contribution in [0.1, 0.15) is 83.1 Å². The smallest absolute Gasteiger partial charge is 0.305 e. The summed E-state index contributed by atoms with van der Waals surface area (Å²) in [5, 5.41) is 63.5. The molecule has 24 nitrogen and oxygen atoms in total. The molecule has 86 heavy (non-hydrogen) atoms.